The van der Waals surface area contributed by atoms with Crippen LogP contribution >= 0.6 is 0 Å². The molecule has 0 spiro atoms. The molecule has 5 rings (SSSR count). The predicted octanol–water partition coefficient (Wildman–Crippen LogP) is 3.63. The molecule has 0 amide bonds. The third-order valence-electron chi connectivity index (χ3n) is 6.10. The summed E-state index contributed by atoms with van der Waals surface area (Å²) in [7, 11) is 1.67. The topological polar surface area (TPSA) is 110 Å². The van der Waals surface area contributed by atoms with Crippen molar-refractivity contribution in [2.24, 2.45) is 0 Å². The Kier molecular flexibility index (Phi) is 7.64. The summed E-state index contributed by atoms with van der Waals surface area (Å²) < 4.78 is 13.1. The normalized spacial score (nSPS) is 14.3. The van der Waals surface area contributed by atoms with Crippen LogP contribution in [0.3, 0.4) is 0 Å². The van der Waals surface area contributed by atoms with Crippen molar-refractivity contribution < 1.29 is 14.6 Å². The van der Waals surface area contributed by atoms with Gasteiger partial charge in [-0.1, -0.05) is 0 Å². The molecule has 1 fully saturated rings. The number of benzene rings is 1. The van der Waals surface area contributed by atoms with Gasteiger partial charge in [0, 0.05) is 68.3 Å². The quantitative estimate of drug-likeness (QED) is 0.309. The fraction of sp³-hybridized carbons (Fsp3) is 0.357. The van der Waals surface area contributed by atoms with Crippen molar-refractivity contribution in [1.29, 1.82) is 0 Å². The Balaban J connectivity index is 1.26. The van der Waals surface area contributed by atoms with Gasteiger partial charge in [0.15, 0.2) is 0 Å². The number of ether oxygens (including phenoxy) is 2. The van der Waals surface area contributed by atoms with Crippen LogP contribution in [0.2, 0.25) is 0 Å². The SMILES string of the molecule is COCCn1cc(-c2ccnc(Nc3ccc(OC4CN(CC(C)(C)O)C4)cc3)n2)c(-c2cccnc2)n1. The Morgan fingerprint density at radius 1 is 1.11 bits per heavy atom. The molecule has 198 valence electrons. The van der Waals surface area contributed by atoms with E-state index in [0.29, 0.717) is 25.6 Å². The lowest BCUT2D eigenvalue weighted by molar-refractivity contribution is -0.0363. The molecule has 10 nitrogen and oxygen atoms in total. The Bertz CT molecular complexity index is 1330. The van der Waals surface area contributed by atoms with Crippen molar-refractivity contribution in [3.8, 4) is 28.3 Å². The summed E-state index contributed by atoms with van der Waals surface area (Å²) in [4.78, 5) is 15.6. The summed E-state index contributed by atoms with van der Waals surface area (Å²) in [6.07, 6.45) is 7.38. The van der Waals surface area contributed by atoms with Gasteiger partial charge in [0.2, 0.25) is 5.95 Å². The molecule has 0 bridgehead atoms. The lowest BCUT2D eigenvalue weighted by Gasteiger charge is -2.41. The minimum atomic E-state index is -0.692. The molecule has 0 unspecified atom stereocenters. The number of nitrogens with one attached hydrogen (secondary N) is 1. The summed E-state index contributed by atoms with van der Waals surface area (Å²) >= 11 is 0. The van der Waals surface area contributed by atoms with E-state index in [2.05, 4.69) is 20.2 Å². The molecular weight excluding hydrogens is 482 g/mol. The van der Waals surface area contributed by atoms with Crippen LogP contribution < -0.4 is 10.1 Å². The number of methoxy groups -OCH3 is 1. The van der Waals surface area contributed by atoms with E-state index in [-0.39, 0.29) is 6.10 Å². The zero-order chi connectivity index (χ0) is 26.5. The van der Waals surface area contributed by atoms with E-state index in [4.69, 9.17) is 19.6 Å². The van der Waals surface area contributed by atoms with Crippen molar-refractivity contribution in [2.75, 3.05) is 38.7 Å². The van der Waals surface area contributed by atoms with E-state index in [1.807, 2.05) is 67.2 Å². The number of nitrogens with zero attached hydrogens (tertiary/aromatic N) is 6. The summed E-state index contributed by atoms with van der Waals surface area (Å²) in [6.45, 7) is 7.11. The molecule has 3 aromatic heterocycles. The zero-order valence-corrected chi connectivity index (χ0v) is 21.9. The van der Waals surface area contributed by atoms with Crippen LogP contribution in [0.4, 0.5) is 11.6 Å². The maximum atomic E-state index is 9.95. The van der Waals surface area contributed by atoms with Gasteiger partial charge in [0.1, 0.15) is 17.5 Å². The van der Waals surface area contributed by atoms with E-state index in [9.17, 15) is 5.11 Å². The molecule has 4 aromatic rings. The lowest BCUT2D eigenvalue weighted by atomic mass is 10.1. The van der Waals surface area contributed by atoms with Gasteiger partial charge in [0.25, 0.3) is 0 Å². The van der Waals surface area contributed by atoms with Gasteiger partial charge >= 0.3 is 0 Å². The van der Waals surface area contributed by atoms with Crippen molar-refractivity contribution in [3.63, 3.8) is 0 Å². The highest BCUT2D eigenvalue weighted by Gasteiger charge is 2.31. The van der Waals surface area contributed by atoms with Crippen LogP contribution in [0, 0.1) is 0 Å². The largest absolute Gasteiger partial charge is 0.488 e. The van der Waals surface area contributed by atoms with Crippen LogP contribution in [-0.2, 0) is 11.3 Å². The van der Waals surface area contributed by atoms with Gasteiger partial charge in [0.05, 0.1) is 24.4 Å². The minimum Gasteiger partial charge on any atom is -0.488 e. The van der Waals surface area contributed by atoms with E-state index >= 15 is 0 Å². The first kappa shape index (κ1) is 25.8. The highest BCUT2D eigenvalue weighted by molar-refractivity contribution is 5.78. The van der Waals surface area contributed by atoms with Crippen LogP contribution in [0.25, 0.3) is 22.5 Å². The molecule has 4 heterocycles. The zero-order valence-electron chi connectivity index (χ0n) is 21.9. The standard InChI is InChI=1S/C28H33N7O3/c1-28(2,36)19-34-16-23(17-34)38-22-8-6-21(7-9-22)31-27-30-12-10-25(32-27)24-18-35(13-14-37-3)33-26(24)20-5-4-11-29-15-20/h4-12,15,18,23,36H,13-14,16-17,19H2,1-3H3,(H,30,31,32). The number of hydrogen-bond donors (Lipinski definition) is 2. The average Bonchev–Trinajstić information content (AvgIpc) is 3.32. The second-order valence-corrected chi connectivity index (χ2v) is 10.1. The van der Waals surface area contributed by atoms with Crippen LogP contribution in [0.1, 0.15) is 13.8 Å². The number of pyridine rings is 1. The average molecular weight is 516 g/mol. The molecule has 0 saturated carbocycles. The van der Waals surface area contributed by atoms with Crippen molar-refractivity contribution in [2.45, 2.75) is 32.1 Å². The van der Waals surface area contributed by atoms with E-state index in [1.54, 1.807) is 25.7 Å². The molecule has 0 radical (unpaired) electrons. The molecule has 2 N–H and O–H groups in total. The van der Waals surface area contributed by atoms with Gasteiger partial charge < -0.3 is 19.9 Å². The molecule has 1 aliphatic rings. The Morgan fingerprint density at radius 2 is 1.92 bits per heavy atom. The summed E-state index contributed by atoms with van der Waals surface area (Å²) in [6, 6.07) is 13.5. The second kappa shape index (κ2) is 11.3. The number of rotatable bonds is 11. The first-order valence-corrected chi connectivity index (χ1v) is 12.6. The first-order chi connectivity index (χ1) is 18.4. The Hall–Kier alpha value is -3.86. The highest BCUT2D eigenvalue weighted by Crippen LogP contribution is 2.30. The smallest absolute Gasteiger partial charge is 0.227 e. The van der Waals surface area contributed by atoms with Crippen LogP contribution in [0.5, 0.6) is 5.75 Å². The monoisotopic (exact) mass is 515 g/mol. The molecule has 0 aliphatic carbocycles. The van der Waals surface area contributed by atoms with Crippen molar-refractivity contribution >= 4 is 11.6 Å². The predicted molar refractivity (Wildman–Crippen MR) is 145 cm³/mol. The molecule has 1 aromatic carbocycles. The summed E-state index contributed by atoms with van der Waals surface area (Å²) in [5, 5.41) is 18.0. The van der Waals surface area contributed by atoms with Gasteiger partial charge in [-0.15, -0.1) is 0 Å². The van der Waals surface area contributed by atoms with E-state index in [1.165, 1.54) is 0 Å². The van der Waals surface area contributed by atoms with Crippen LogP contribution in [-0.4, -0.2) is 79.8 Å². The number of hydrogen-bond acceptors (Lipinski definition) is 9. The molecule has 1 saturated heterocycles. The van der Waals surface area contributed by atoms with Gasteiger partial charge in [-0.3, -0.25) is 14.6 Å². The summed E-state index contributed by atoms with van der Waals surface area (Å²) in [5.41, 5.74) is 3.53. The van der Waals surface area contributed by atoms with Gasteiger partial charge in [-0.25, -0.2) is 9.97 Å². The van der Waals surface area contributed by atoms with E-state index < -0.39 is 5.60 Å². The molecule has 0 atom stereocenters. The van der Waals surface area contributed by atoms with Crippen molar-refractivity contribution in [3.05, 3.63) is 67.3 Å². The number of aliphatic hydroxyl groups is 1. The highest BCUT2D eigenvalue weighted by atomic mass is 16.5. The van der Waals surface area contributed by atoms with Gasteiger partial charge in [-0.2, -0.15) is 5.10 Å². The fourth-order valence-corrected chi connectivity index (χ4v) is 4.40. The Morgan fingerprint density at radius 3 is 2.63 bits per heavy atom. The Labute approximate surface area is 222 Å². The molecule has 10 heteroatoms. The number of likely N-dealkylation sites (tertiary alicyclic amines) is 1. The number of aromatic nitrogens is 5. The van der Waals surface area contributed by atoms with E-state index in [0.717, 1.165) is 47.0 Å². The van der Waals surface area contributed by atoms with Gasteiger partial charge in [-0.05, 0) is 56.3 Å². The second-order valence-electron chi connectivity index (χ2n) is 10.1. The number of anilines is 2. The maximum absolute atomic E-state index is 9.95. The van der Waals surface area contributed by atoms with Crippen molar-refractivity contribution in [1.82, 2.24) is 29.6 Å². The minimum absolute atomic E-state index is 0.134. The number of β-amino-alcohol motifs (C(OH)–C–C–N with tert-alkyl or cyclic N) is 1. The summed E-state index contributed by atoms with van der Waals surface area (Å²) in [5.74, 6) is 1.29. The molecule has 1 aliphatic heterocycles. The maximum Gasteiger partial charge on any atom is 0.227 e. The fourth-order valence-electron chi connectivity index (χ4n) is 4.40. The van der Waals surface area contributed by atoms with Crippen LogP contribution in [0.15, 0.2) is 67.3 Å². The molecule has 38 heavy (non-hydrogen) atoms. The third-order valence-corrected chi connectivity index (χ3v) is 6.10. The molecular formula is C28H33N7O3. The first-order valence-electron chi connectivity index (χ1n) is 12.6. The third kappa shape index (κ3) is 6.52. The lowest BCUT2D eigenvalue weighted by Crippen LogP contribution is -2.57.